The van der Waals surface area contributed by atoms with Crippen LogP contribution >= 0.6 is 0 Å². The Bertz CT molecular complexity index is 804. The molecule has 1 heterocycles. The van der Waals surface area contributed by atoms with Crippen LogP contribution in [0.1, 0.15) is 0 Å². The molecule has 0 aliphatic carbocycles. The van der Waals surface area contributed by atoms with E-state index in [0.717, 1.165) is 22.0 Å². The van der Waals surface area contributed by atoms with Crippen LogP contribution in [0.25, 0.3) is 22.0 Å². The first-order valence-electron chi connectivity index (χ1n) is 6.17. The molecule has 0 fully saturated rings. The number of nitrogen functional groups attached to an aromatic ring is 1. The van der Waals surface area contributed by atoms with Crippen molar-refractivity contribution in [1.29, 1.82) is 0 Å². The summed E-state index contributed by atoms with van der Waals surface area (Å²) in [4.78, 5) is 10.3. The number of para-hydroxylation sites is 1. The van der Waals surface area contributed by atoms with Crippen molar-refractivity contribution in [2.24, 2.45) is 7.05 Å². The molecular weight excluding hydrogens is 254 g/mol. The summed E-state index contributed by atoms with van der Waals surface area (Å²) >= 11 is 0. The Morgan fingerprint density at radius 2 is 1.75 bits per heavy atom. The molecule has 0 aliphatic rings. The van der Waals surface area contributed by atoms with Gasteiger partial charge in [0.15, 0.2) is 0 Å². The molecule has 100 valence electrons. The number of nitro benzene ring substituents is 1. The van der Waals surface area contributed by atoms with Gasteiger partial charge in [-0.15, -0.1) is 0 Å². The molecule has 3 aromatic rings. The first kappa shape index (κ1) is 12.2. The second kappa shape index (κ2) is 4.38. The summed E-state index contributed by atoms with van der Waals surface area (Å²) in [5, 5.41) is 11.8. The number of nitrogens with zero attached hydrogens (tertiary/aromatic N) is 2. The fraction of sp³-hybridized carbons (Fsp3) is 0.0667. The molecule has 0 aliphatic heterocycles. The van der Waals surface area contributed by atoms with Gasteiger partial charge in [-0.1, -0.05) is 18.2 Å². The van der Waals surface area contributed by atoms with Crippen LogP contribution in [0.3, 0.4) is 0 Å². The van der Waals surface area contributed by atoms with E-state index in [4.69, 9.17) is 5.73 Å². The van der Waals surface area contributed by atoms with Crippen LogP contribution in [0, 0.1) is 10.1 Å². The van der Waals surface area contributed by atoms with Crippen LogP contribution in [-0.4, -0.2) is 9.49 Å². The molecule has 0 bridgehead atoms. The molecule has 5 nitrogen and oxygen atoms in total. The number of aryl methyl sites for hydroxylation is 1. The molecule has 0 unspecified atom stereocenters. The Labute approximate surface area is 115 Å². The smallest absolute Gasteiger partial charge is 0.269 e. The van der Waals surface area contributed by atoms with Gasteiger partial charge in [-0.3, -0.25) is 10.1 Å². The van der Waals surface area contributed by atoms with Gasteiger partial charge in [-0.05, 0) is 23.8 Å². The van der Waals surface area contributed by atoms with Gasteiger partial charge in [-0.25, -0.2) is 0 Å². The molecule has 2 aromatic carbocycles. The number of hydrogen-bond donors (Lipinski definition) is 1. The van der Waals surface area contributed by atoms with Crippen molar-refractivity contribution >= 4 is 22.4 Å². The summed E-state index contributed by atoms with van der Waals surface area (Å²) in [6.07, 6.45) is 0. The van der Waals surface area contributed by atoms with Crippen molar-refractivity contribution in [3.63, 3.8) is 0 Å². The SMILES string of the molecule is Cn1c(N)c(-c2ccc([N+](=O)[O-])cc2)c2ccccc21. The molecule has 0 saturated carbocycles. The summed E-state index contributed by atoms with van der Waals surface area (Å²) in [6.45, 7) is 0. The number of non-ortho nitro benzene ring substituents is 1. The van der Waals surface area contributed by atoms with Crippen molar-refractivity contribution in [2.45, 2.75) is 0 Å². The summed E-state index contributed by atoms with van der Waals surface area (Å²) in [5.74, 6) is 0.653. The summed E-state index contributed by atoms with van der Waals surface area (Å²) in [5.41, 5.74) is 9.09. The zero-order valence-corrected chi connectivity index (χ0v) is 10.9. The van der Waals surface area contributed by atoms with Gasteiger partial charge in [0.05, 0.1) is 4.92 Å². The second-order valence-electron chi connectivity index (χ2n) is 4.64. The van der Waals surface area contributed by atoms with E-state index < -0.39 is 4.92 Å². The number of benzene rings is 2. The van der Waals surface area contributed by atoms with E-state index in [1.807, 2.05) is 35.9 Å². The predicted molar refractivity (Wildman–Crippen MR) is 79.4 cm³/mol. The molecule has 1 aromatic heterocycles. The largest absolute Gasteiger partial charge is 0.385 e. The number of hydrogen-bond acceptors (Lipinski definition) is 3. The molecule has 0 saturated heterocycles. The highest BCUT2D eigenvalue weighted by molar-refractivity contribution is 6.02. The third-order valence-electron chi connectivity index (χ3n) is 3.52. The molecule has 3 rings (SSSR count). The van der Waals surface area contributed by atoms with Crippen LogP contribution in [-0.2, 0) is 7.05 Å². The zero-order chi connectivity index (χ0) is 14.3. The fourth-order valence-corrected chi connectivity index (χ4v) is 2.47. The van der Waals surface area contributed by atoms with Crippen molar-refractivity contribution in [3.8, 4) is 11.1 Å². The Morgan fingerprint density at radius 1 is 1.10 bits per heavy atom. The number of nitro groups is 1. The van der Waals surface area contributed by atoms with Crippen LogP contribution in [0.5, 0.6) is 0 Å². The molecule has 0 radical (unpaired) electrons. The molecular formula is C15H13N3O2. The molecule has 5 heteroatoms. The molecule has 0 spiro atoms. The Balaban J connectivity index is 2.24. The maximum Gasteiger partial charge on any atom is 0.269 e. The first-order chi connectivity index (χ1) is 9.59. The predicted octanol–water partition coefficient (Wildman–Crippen LogP) is 3.34. The molecule has 2 N–H and O–H groups in total. The summed E-state index contributed by atoms with van der Waals surface area (Å²) in [6, 6.07) is 14.4. The quantitative estimate of drug-likeness (QED) is 0.571. The van der Waals surface area contributed by atoms with Crippen molar-refractivity contribution in [1.82, 2.24) is 4.57 Å². The Kier molecular flexibility index (Phi) is 2.68. The van der Waals surface area contributed by atoms with Crippen LogP contribution in [0.4, 0.5) is 11.5 Å². The minimum Gasteiger partial charge on any atom is -0.385 e. The van der Waals surface area contributed by atoms with Gasteiger partial charge in [0.25, 0.3) is 5.69 Å². The van der Waals surface area contributed by atoms with Crippen molar-refractivity contribution in [2.75, 3.05) is 5.73 Å². The lowest BCUT2D eigenvalue weighted by molar-refractivity contribution is -0.384. The van der Waals surface area contributed by atoms with Gasteiger partial charge < -0.3 is 10.3 Å². The van der Waals surface area contributed by atoms with Gasteiger partial charge in [0, 0.05) is 35.6 Å². The van der Waals surface area contributed by atoms with Gasteiger partial charge in [0.1, 0.15) is 5.82 Å². The minimum atomic E-state index is -0.407. The van der Waals surface area contributed by atoms with E-state index in [2.05, 4.69) is 0 Å². The topological polar surface area (TPSA) is 74.1 Å². The lowest BCUT2D eigenvalue weighted by Crippen LogP contribution is -1.96. The second-order valence-corrected chi connectivity index (χ2v) is 4.64. The normalized spacial score (nSPS) is 10.8. The van der Waals surface area contributed by atoms with E-state index in [9.17, 15) is 10.1 Å². The number of aromatic nitrogens is 1. The van der Waals surface area contributed by atoms with E-state index >= 15 is 0 Å². The molecule has 0 atom stereocenters. The average Bonchev–Trinajstić information content (AvgIpc) is 2.72. The van der Waals surface area contributed by atoms with E-state index in [1.54, 1.807) is 12.1 Å². The highest BCUT2D eigenvalue weighted by Gasteiger charge is 2.15. The average molecular weight is 267 g/mol. The molecule has 20 heavy (non-hydrogen) atoms. The van der Waals surface area contributed by atoms with Crippen molar-refractivity contribution < 1.29 is 4.92 Å². The third kappa shape index (κ3) is 1.72. The highest BCUT2D eigenvalue weighted by atomic mass is 16.6. The molecule has 0 amide bonds. The van der Waals surface area contributed by atoms with Gasteiger partial charge in [-0.2, -0.15) is 0 Å². The summed E-state index contributed by atoms with van der Waals surface area (Å²) in [7, 11) is 1.91. The van der Waals surface area contributed by atoms with Gasteiger partial charge in [0.2, 0.25) is 0 Å². The number of nitrogens with two attached hydrogens (primary N) is 1. The number of rotatable bonds is 2. The monoisotopic (exact) mass is 267 g/mol. The zero-order valence-electron chi connectivity index (χ0n) is 10.9. The lowest BCUT2D eigenvalue weighted by atomic mass is 10.0. The Morgan fingerprint density at radius 3 is 2.40 bits per heavy atom. The third-order valence-corrected chi connectivity index (χ3v) is 3.52. The number of anilines is 1. The fourth-order valence-electron chi connectivity index (χ4n) is 2.47. The highest BCUT2D eigenvalue weighted by Crippen LogP contribution is 2.36. The van der Waals surface area contributed by atoms with Crippen LogP contribution in [0.2, 0.25) is 0 Å². The van der Waals surface area contributed by atoms with E-state index in [0.29, 0.717) is 5.82 Å². The van der Waals surface area contributed by atoms with E-state index in [-0.39, 0.29) is 5.69 Å². The summed E-state index contributed by atoms with van der Waals surface area (Å²) < 4.78 is 1.92. The van der Waals surface area contributed by atoms with E-state index in [1.165, 1.54) is 12.1 Å². The van der Waals surface area contributed by atoms with Crippen molar-refractivity contribution in [3.05, 3.63) is 58.6 Å². The lowest BCUT2D eigenvalue weighted by Gasteiger charge is -2.02. The minimum absolute atomic E-state index is 0.0764. The number of fused-ring (bicyclic) bond motifs is 1. The van der Waals surface area contributed by atoms with Crippen LogP contribution < -0.4 is 5.73 Å². The first-order valence-corrected chi connectivity index (χ1v) is 6.17. The van der Waals surface area contributed by atoms with Crippen LogP contribution in [0.15, 0.2) is 48.5 Å². The maximum atomic E-state index is 10.7. The Hall–Kier alpha value is -2.82. The maximum absolute atomic E-state index is 10.7. The standard InChI is InChI=1S/C15H13N3O2/c1-17-13-5-3-2-4-12(13)14(15(17)16)10-6-8-11(9-7-10)18(19)20/h2-9H,16H2,1H3. The van der Waals surface area contributed by atoms with Gasteiger partial charge >= 0.3 is 0 Å².